The Bertz CT molecular complexity index is 3300. The van der Waals surface area contributed by atoms with Crippen LogP contribution in [0.4, 0.5) is 17.1 Å². The second-order valence-corrected chi connectivity index (χ2v) is 17.3. The fourth-order valence-corrected chi connectivity index (χ4v) is 10.9. The van der Waals surface area contributed by atoms with Crippen molar-refractivity contribution in [2.75, 3.05) is 4.90 Å². The van der Waals surface area contributed by atoms with Crippen molar-refractivity contribution in [3.63, 3.8) is 0 Å². The SMILES string of the molecule is CC1(C)c2ccccc2C2(c3ccccc3-c3cc(-c4cccc(N(c5ccccc5)c5cccc(-c6ccc7ccc8ccccc8c7c6)c5)c4)ccc32)c2ccccc21. The highest BCUT2D eigenvalue weighted by molar-refractivity contribution is 6.08. The Kier molecular flexibility index (Phi) is 7.86. The lowest BCUT2D eigenvalue weighted by atomic mass is 9.55. The molecule has 0 fully saturated rings. The molecule has 0 saturated heterocycles. The fraction of sp³-hybridized carbons (Fsp3) is 0.0667. The summed E-state index contributed by atoms with van der Waals surface area (Å²) in [5.74, 6) is 0. The Hall–Kier alpha value is -7.48. The van der Waals surface area contributed by atoms with Crippen molar-refractivity contribution < 1.29 is 0 Å². The normalized spacial score (nSPS) is 14.0. The van der Waals surface area contributed by atoms with Crippen LogP contribution in [0.25, 0.3) is 54.9 Å². The molecule has 1 spiro atoms. The minimum Gasteiger partial charge on any atom is -0.310 e. The molecule has 288 valence electrons. The zero-order valence-corrected chi connectivity index (χ0v) is 34.3. The van der Waals surface area contributed by atoms with Crippen LogP contribution in [0.2, 0.25) is 0 Å². The van der Waals surface area contributed by atoms with E-state index in [0.717, 1.165) is 17.1 Å². The van der Waals surface area contributed by atoms with Gasteiger partial charge in [-0.25, -0.2) is 0 Å². The number of hydrogen-bond donors (Lipinski definition) is 0. The van der Waals surface area contributed by atoms with Crippen LogP contribution in [0.15, 0.2) is 224 Å². The monoisotopic (exact) mass is 777 g/mol. The molecule has 0 aliphatic heterocycles. The van der Waals surface area contributed by atoms with E-state index in [1.807, 2.05) is 0 Å². The summed E-state index contributed by atoms with van der Waals surface area (Å²) in [5, 5.41) is 5.07. The van der Waals surface area contributed by atoms with E-state index in [2.05, 4.69) is 243 Å². The number of benzene rings is 10. The average molecular weight is 778 g/mol. The molecule has 0 aromatic heterocycles. The van der Waals surface area contributed by atoms with Gasteiger partial charge in [0, 0.05) is 22.5 Å². The molecule has 0 saturated carbocycles. The van der Waals surface area contributed by atoms with Gasteiger partial charge in [-0.2, -0.15) is 0 Å². The molecule has 0 N–H and O–H groups in total. The number of para-hydroxylation sites is 1. The Morgan fingerprint density at radius 2 is 0.770 bits per heavy atom. The van der Waals surface area contributed by atoms with Gasteiger partial charge >= 0.3 is 0 Å². The van der Waals surface area contributed by atoms with Crippen LogP contribution in [0.1, 0.15) is 47.2 Å². The lowest BCUT2D eigenvalue weighted by Gasteiger charge is -2.46. The van der Waals surface area contributed by atoms with Gasteiger partial charge in [0.25, 0.3) is 0 Å². The maximum absolute atomic E-state index is 2.45. The summed E-state index contributed by atoms with van der Waals surface area (Å²) >= 11 is 0. The third-order valence-electron chi connectivity index (χ3n) is 13.7. The summed E-state index contributed by atoms with van der Waals surface area (Å²) in [4.78, 5) is 2.39. The summed E-state index contributed by atoms with van der Waals surface area (Å²) in [6.45, 7) is 4.77. The smallest absolute Gasteiger partial charge is 0.0719 e. The Morgan fingerprint density at radius 1 is 0.295 bits per heavy atom. The molecule has 0 bridgehead atoms. The van der Waals surface area contributed by atoms with Gasteiger partial charge in [0.2, 0.25) is 0 Å². The fourth-order valence-electron chi connectivity index (χ4n) is 10.9. The first-order valence-corrected chi connectivity index (χ1v) is 21.4. The Morgan fingerprint density at radius 3 is 1.46 bits per heavy atom. The van der Waals surface area contributed by atoms with E-state index in [4.69, 9.17) is 0 Å². The second-order valence-electron chi connectivity index (χ2n) is 17.3. The molecule has 0 atom stereocenters. The predicted octanol–water partition coefficient (Wildman–Crippen LogP) is 15.8. The van der Waals surface area contributed by atoms with Gasteiger partial charge in [0.15, 0.2) is 0 Å². The van der Waals surface area contributed by atoms with Gasteiger partial charge in [-0.3, -0.25) is 0 Å². The quantitative estimate of drug-likeness (QED) is 0.157. The van der Waals surface area contributed by atoms with Crippen molar-refractivity contribution in [3.05, 3.63) is 258 Å². The van der Waals surface area contributed by atoms with Gasteiger partial charge in [-0.15, -0.1) is 0 Å². The van der Waals surface area contributed by atoms with E-state index in [1.54, 1.807) is 0 Å². The third-order valence-corrected chi connectivity index (χ3v) is 13.7. The minimum absolute atomic E-state index is 0.120. The molecule has 12 rings (SSSR count). The van der Waals surface area contributed by atoms with Crippen LogP contribution in [0.5, 0.6) is 0 Å². The largest absolute Gasteiger partial charge is 0.310 e. The topological polar surface area (TPSA) is 3.24 Å². The standard InChI is InChI=1S/C60H43N/c1-59(2)55-26-10-12-28-57(55)60(58-29-13-11-27-56(58)59)53-25-9-8-24-50(53)52-39-45(34-35-54(52)60)43-18-15-22-48(37-43)61(46-19-4-3-5-20-46)47-21-14-17-42(36-47)44-33-32-41-31-30-40-16-6-7-23-49(40)51(41)38-44/h3-39H,1-2H3. The van der Waals surface area contributed by atoms with E-state index in [0.29, 0.717) is 0 Å². The Labute approximate surface area is 357 Å². The molecule has 1 nitrogen and oxygen atoms in total. The van der Waals surface area contributed by atoms with Crippen molar-refractivity contribution in [2.45, 2.75) is 24.7 Å². The maximum Gasteiger partial charge on any atom is 0.0719 e. The first kappa shape index (κ1) is 35.5. The maximum atomic E-state index is 2.45. The molecule has 0 unspecified atom stereocenters. The van der Waals surface area contributed by atoms with Gasteiger partial charge in [0.1, 0.15) is 0 Å². The van der Waals surface area contributed by atoms with Gasteiger partial charge < -0.3 is 4.90 Å². The molecule has 2 aliphatic carbocycles. The van der Waals surface area contributed by atoms with E-state index in [1.165, 1.54) is 88.3 Å². The average Bonchev–Trinajstić information content (AvgIpc) is 3.61. The van der Waals surface area contributed by atoms with Crippen LogP contribution >= 0.6 is 0 Å². The number of nitrogens with zero attached hydrogens (tertiary/aromatic N) is 1. The molecule has 61 heavy (non-hydrogen) atoms. The van der Waals surface area contributed by atoms with Crippen molar-refractivity contribution in [3.8, 4) is 33.4 Å². The number of anilines is 3. The van der Waals surface area contributed by atoms with Gasteiger partial charge in [-0.1, -0.05) is 190 Å². The summed E-state index contributed by atoms with van der Waals surface area (Å²) in [6, 6.07) is 83.5. The molecule has 0 amide bonds. The molecular formula is C60H43N. The van der Waals surface area contributed by atoms with Crippen LogP contribution < -0.4 is 4.90 Å². The van der Waals surface area contributed by atoms with E-state index >= 15 is 0 Å². The zero-order valence-electron chi connectivity index (χ0n) is 34.3. The highest BCUT2D eigenvalue weighted by Gasteiger charge is 2.53. The van der Waals surface area contributed by atoms with Crippen molar-refractivity contribution in [1.29, 1.82) is 0 Å². The van der Waals surface area contributed by atoms with Crippen LogP contribution in [0, 0.1) is 0 Å². The zero-order chi connectivity index (χ0) is 40.7. The summed E-state index contributed by atoms with van der Waals surface area (Å²) in [7, 11) is 0. The number of hydrogen-bond acceptors (Lipinski definition) is 1. The molecule has 10 aromatic carbocycles. The number of rotatable bonds is 5. The van der Waals surface area contributed by atoms with Crippen LogP contribution in [0.3, 0.4) is 0 Å². The molecule has 0 heterocycles. The molecule has 2 aliphatic rings. The summed E-state index contributed by atoms with van der Waals surface area (Å²) < 4.78 is 0. The molecular weight excluding hydrogens is 735 g/mol. The number of fused-ring (bicyclic) bond motifs is 12. The van der Waals surface area contributed by atoms with Crippen molar-refractivity contribution >= 4 is 38.6 Å². The van der Waals surface area contributed by atoms with Crippen LogP contribution in [-0.2, 0) is 10.8 Å². The molecule has 10 aromatic rings. The highest BCUT2D eigenvalue weighted by atomic mass is 15.1. The lowest BCUT2D eigenvalue weighted by molar-refractivity contribution is 0.563. The lowest BCUT2D eigenvalue weighted by Crippen LogP contribution is -2.40. The molecule has 1 heteroatoms. The first-order chi connectivity index (χ1) is 30.0. The van der Waals surface area contributed by atoms with Crippen LogP contribution in [-0.4, -0.2) is 0 Å². The van der Waals surface area contributed by atoms with E-state index < -0.39 is 5.41 Å². The van der Waals surface area contributed by atoms with Gasteiger partial charge in [0.05, 0.1) is 5.41 Å². The van der Waals surface area contributed by atoms with E-state index in [-0.39, 0.29) is 5.41 Å². The minimum atomic E-state index is -0.401. The van der Waals surface area contributed by atoms with Gasteiger partial charge in [-0.05, 0) is 137 Å². The van der Waals surface area contributed by atoms with E-state index in [9.17, 15) is 0 Å². The molecule has 0 radical (unpaired) electrons. The Balaban J connectivity index is 0.991. The predicted molar refractivity (Wildman–Crippen MR) is 256 cm³/mol. The first-order valence-electron chi connectivity index (χ1n) is 21.4. The second kappa shape index (κ2) is 13.5. The van der Waals surface area contributed by atoms with Crippen molar-refractivity contribution in [1.82, 2.24) is 0 Å². The highest BCUT2D eigenvalue weighted by Crippen LogP contribution is 2.62. The third kappa shape index (κ3) is 5.27. The summed E-state index contributed by atoms with van der Waals surface area (Å²) in [6.07, 6.45) is 0. The summed E-state index contributed by atoms with van der Waals surface area (Å²) in [5.41, 5.74) is 18.5. The van der Waals surface area contributed by atoms with Crippen molar-refractivity contribution in [2.24, 2.45) is 0 Å².